The summed E-state index contributed by atoms with van der Waals surface area (Å²) in [6.45, 7) is 5.11. The number of anilines is 1. The van der Waals surface area contributed by atoms with Gasteiger partial charge in [0.05, 0.1) is 7.05 Å². The largest absolute Gasteiger partial charge is 0.351 e. The van der Waals surface area contributed by atoms with Crippen LogP contribution in [0.5, 0.6) is 0 Å². The summed E-state index contributed by atoms with van der Waals surface area (Å²) >= 11 is 1.69. The third-order valence-electron chi connectivity index (χ3n) is 3.94. The number of hydrogen-bond donors (Lipinski definition) is 3. The van der Waals surface area contributed by atoms with Gasteiger partial charge in [-0.3, -0.25) is 9.59 Å². The average Bonchev–Trinajstić information content (AvgIpc) is 3.04. The molecule has 1 heterocycles. The molecule has 1 aromatic heterocycles. The maximum Gasteiger partial charge on any atom is 0.279 e. The predicted molar refractivity (Wildman–Crippen MR) is 102 cm³/mol. The molecule has 2 rings (SSSR count). The Balaban J connectivity index is 1.72. The van der Waals surface area contributed by atoms with Crippen LogP contribution in [0.3, 0.4) is 0 Å². The molecule has 0 bridgehead atoms. The van der Waals surface area contributed by atoms with Crippen LogP contribution >= 0.6 is 11.3 Å². The smallest absolute Gasteiger partial charge is 0.279 e. The summed E-state index contributed by atoms with van der Waals surface area (Å²) in [6, 6.07) is 9.99. The van der Waals surface area contributed by atoms with Gasteiger partial charge in [-0.15, -0.1) is 11.3 Å². The molecule has 2 amide bonds. The number of likely N-dealkylation sites (N-methyl/N-ethyl adjacent to an activating group) is 1. The Hall–Kier alpha value is -2.18. The summed E-state index contributed by atoms with van der Waals surface area (Å²) in [5, 5.41) is 7.89. The second kappa shape index (κ2) is 9.34. The van der Waals surface area contributed by atoms with E-state index in [9.17, 15) is 9.59 Å². The number of carbonyl (C=O) groups is 2. The Morgan fingerprint density at radius 3 is 2.36 bits per heavy atom. The average molecular weight is 361 g/mol. The molecule has 3 N–H and O–H groups in total. The normalized spacial score (nSPS) is 11.8. The van der Waals surface area contributed by atoms with Crippen molar-refractivity contribution in [2.75, 3.05) is 32.0 Å². The molecule has 0 aliphatic rings. The van der Waals surface area contributed by atoms with Crippen molar-refractivity contribution in [2.24, 2.45) is 0 Å². The quantitative estimate of drug-likeness (QED) is 0.662. The number of thiophene rings is 1. The molecule has 0 fully saturated rings. The van der Waals surface area contributed by atoms with Crippen molar-refractivity contribution in [2.45, 2.75) is 20.3 Å². The van der Waals surface area contributed by atoms with E-state index in [0.29, 0.717) is 6.54 Å². The van der Waals surface area contributed by atoms with Crippen LogP contribution in [0.1, 0.15) is 16.0 Å². The molecule has 134 valence electrons. The molecule has 0 saturated carbocycles. The van der Waals surface area contributed by atoms with E-state index in [0.717, 1.165) is 28.1 Å². The van der Waals surface area contributed by atoms with Crippen LogP contribution in [0.15, 0.2) is 35.7 Å². The van der Waals surface area contributed by atoms with Gasteiger partial charge in [-0.25, -0.2) is 0 Å². The molecule has 5 nitrogen and oxygen atoms in total. The molecular weight excluding hydrogens is 334 g/mol. The molecule has 0 saturated heterocycles. The highest BCUT2D eigenvalue weighted by Crippen LogP contribution is 2.18. The summed E-state index contributed by atoms with van der Waals surface area (Å²) in [5.41, 5.74) is 2.94. The number of quaternary nitrogens is 1. The van der Waals surface area contributed by atoms with E-state index >= 15 is 0 Å². The van der Waals surface area contributed by atoms with Crippen LogP contribution in [0.4, 0.5) is 5.69 Å². The molecule has 0 radical (unpaired) electrons. The van der Waals surface area contributed by atoms with E-state index in [2.05, 4.69) is 16.7 Å². The van der Waals surface area contributed by atoms with E-state index in [-0.39, 0.29) is 24.9 Å². The molecule has 1 atom stereocenters. The number of benzene rings is 1. The number of aryl methyl sites for hydroxylation is 2. The zero-order valence-corrected chi connectivity index (χ0v) is 15.8. The van der Waals surface area contributed by atoms with Gasteiger partial charge in [0.1, 0.15) is 0 Å². The van der Waals surface area contributed by atoms with Gasteiger partial charge in [-0.1, -0.05) is 24.3 Å². The highest BCUT2D eigenvalue weighted by Gasteiger charge is 2.15. The minimum absolute atomic E-state index is 0.0334. The van der Waals surface area contributed by atoms with Crippen molar-refractivity contribution in [1.82, 2.24) is 5.32 Å². The zero-order chi connectivity index (χ0) is 18.2. The number of rotatable bonds is 8. The number of amides is 2. The van der Waals surface area contributed by atoms with Crippen LogP contribution in [0.25, 0.3) is 0 Å². The summed E-state index contributed by atoms with van der Waals surface area (Å²) in [7, 11) is 1.85. The molecule has 0 aliphatic heterocycles. The van der Waals surface area contributed by atoms with Gasteiger partial charge in [-0.2, -0.15) is 0 Å². The van der Waals surface area contributed by atoms with Crippen LogP contribution in [0, 0.1) is 13.8 Å². The maximum absolute atomic E-state index is 12.2. The van der Waals surface area contributed by atoms with Crippen LogP contribution in [0.2, 0.25) is 0 Å². The summed E-state index contributed by atoms with van der Waals surface area (Å²) in [5.74, 6) is -0.116. The predicted octanol–water partition coefficient (Wildman–Crippen LogP) is 1.18. The Bertz CT molecular complexity index is 693. The first kappa shape index (κ1) is 19.1. The number of nitrogens with one attached hydrogen (secondary N) is 3. The van der Waals surface area contributed by atoms with Gasteiger partial charge in [-0.05, 0) is 42.8 Å². The van der Waals surface area contributed by atoms with Crippen molar-refractivity contribution < 1.29 is 14.5 Å². The van der Waals surface area contributed by atoms with Gasteiger partial charge in [0, 0.05) is 17.1 Å². The SMILES string of the molecule is Cc1cccc(C)c1NC(=O)C[NH+](C)CC(=O)NCCc1cccs1. The third-order valence-corrected chi connectivity index (χ3v) is 4.88. The topological polar surface area (TPSA) is 62.6 Å². The highest BCUT2D eigenvalue weighted by atomic mass is 32.1. The summed E-state index contributed by atoms with van der Waals surface area (Å²) in [6.07, 6.45) is 0.843. The molecular formula is C19H26N3O2S+. The Labute approximate surface area is 153 Å². The van der Waals surface area contributed by atoms with Gasteiger partial charge in [0.25, 0.3) is 11.8 Å². The van der Waals surface area contributed by atoms with E-state index < -0.39 is 0 Å². The van der Waals surface area contributed by atoms with Crippen molar-refractivity contribution in [3.63, 3.8) is 0 Å². The van der Waals surface area contributed by atoms with Gasteiger partial charge in [0.15, 0.2) is 13.1 Å². The molecule has 0 spiro atoms. The lowest BCUT2D eigenvalue weighted by atomic mass is 10.1. The second-order valence-corrected chi connectivity index (χ2v) is 7.34. The first-order valence-electron chi connectivity index (χ1n) is 8.42. The number of para-hydroxylation sites is 1. The monoisotopic (exact) mass is 360 g/mol. The Morgan fingerprint density at radius 2 is 1.72 bits per heavy atom. The van der Waals surface area contributed by atoms with Gasteiger partial charge < -0.3 is 15.5 Å². The van der Waals surface area contributed by atoms with Crippen molar-refractivity contribution in [3.05, 3.63) is 51.7 Å². The minimum Gasteiger partial charge on any atom is -0.351 e. The maximum atomic E-state index is 12.2. The first-order valence-corrected chi connectivity index (χ1v) is 9.30. The van der Waals surface area contributed by atoms with E-state index in [1.165, 1.54) is 4.88 Å². The van der Waals surface area contributed by atoms with Crippen LogP contribution in [-0.2, 0) is 16.0 Å². The zero-order valence-electron chi connectivity index (χ0n) is 15.0. The lowest BCUT2D eigenvalue weighted by Crippen LogP contribution is -3.11. The molecule has 25 heavy (non-hydrogen) atoms. The van der Waals surface area contributed by atoms with Crippen LogP contribution in [-0.4, -0.2) is 38.5 Å². The molecule has 1 aromatic carbocycles. The lowest BCUT2D eigenvalue weighted by Gasteiger charge is -2.15. The summed E-state index contributed by atoms with van der Waals surface area (Å²) < 4.78 is 0. The van der Waals surface area contributed by atoms with Crippen molar-refractivity contribution >= 4 is 28.8 Å². The fourth-order valence-corrected chi connectivity index (χ4v) is 3.36. The van der Waals surface area contributed by atoms with Crippen molar-refractivity contribution in [3.8, 4) is 0 Å². The molecule has 1 unspecified atom stereocenters. The second-order valence-electron chi connectivity index (χ2n) is 6.30. The fourth-order valence-electron chi connectivity index (χ4n) is 2.65. The molecule has 6 heteroatoms. The Morgan fingerprint density at radius 1 is 1.04 bits per heavy atom. The lowest BCUT2D eigenvalue weighted by molar-refractivity contribution is -0.862. The number of carbonyl (C=O) groups excluding carboxylic acids is 2. The standard InChI is InChI=1S/C19H25N3O2S/c1-14-6-4-7-15(2)19(14)21-18(24)13-22(3)12-17(23)20-10-9-16-8-5-11-25-16/h4-8,11H,9-10,12-13H2,1-3H3,(H,20,23)(H,21,24)/p+1. The minimum atomic E-state index is -0.0821. The van der Waals surface area contributed by atoms with Crippen LogP contribution < -0.4 is 15.5 Å². The summed E-state index contributed by atoms with van der Waals surface area (Å²) in [4.78, 5) is 26.3. The molecule has 2 aromatic rings. The first-order chi connectivity index (χ1) is 12.0. The van der Waals surface area contributed by atoms with E-state index in [1.807, 2.05) is 50.5 Å². The van der Waals surface area contributed by atoms with E-state index in [1.54, 1.807) is 11.3 Å². The molecule has 0 aliphatic carbocycles. The van der Waals surface area contributed by atoms with Gasteiger partial charge in [0.2, 0.25) is 0 Å². The number of hydrogen-bond acceptors (Lipinski definition) is 3. The third kappa shape index (κ3) is 6.32. The van der Waals surface area contributed by atoms with Gasteiger partial charge >= 0.3 is 0 Å². The van der Waals surface area contributed by atoms with Crippen molar-refractivity contribution in [1.29, 1.82) is 0 Å². The Kier molecular flexibility index (Phi) is 7.16. The van der Waals surface area contributed by atoms with E-state index in [4.69, 9.17) is 0 Å². The fraction of sp³-hybridized carbons (Fsp3) is 0.368. The highest BCUT2D eigenvalue weighted by molar-refractivity contribution is 7.09.